The van der Waals surface area contributed by atoms with Gasteiger partial charge in [-0.1, -0.05) is 24.3 Å². The van der Waals surface area contributed by atoms with Crippen LogP contribution in [0.5, 0.6) is 0 Å². The van der Waals surface area contributed by atoms with Crippen molar-refractivity contribution in [3.8, 4) is 6.07 Å². The molecule has 1 aliphatic heterocycles. The maximum atomic E-state index is 9.18. The van der Waals surface area contributed by atoms with Crippen molar-refractivity contribution in [2.24, 2.45) is 0 Å². The average molecular weight is 300 g/mol. The molecule has 0 radical (unpaired) electrons. The highest BCUT2D eigenvalue weighted by Gasteiger charge is 2.14. The molecule has 1 atom stereocenters. The van der Waals surface area contributed by atoms with Crippen molar-refractivity contribution in [2.45, 2.75) is 5.25 Å². The van der Waals surface area contributed by atoms with E-state index in [1.807, 2.05) is 42.1 Å². The Morgan fingerprint density at radius 1 is 1.15 bits per heavy atom. The Morgan fingerprint density at radius 2 is 2.00 bits per heavy atom. The number of thioether (sulfide) groups is 2. The molecule has 0 saturated carbocycles. The van der Waals surface area contributed by atoms with E-state index in [9.17, 15) is 5.26 Å². The Hall–Kier alpha value is -1.31. The van der Waals surface area contributed by atoms with Gasteiger partial charge in [0.1, 0.15) is 0 Å². The first kappa shape index (κ1) is 13.7. The summed E-state index contributed by atoms with van der Waals surface area (Å²) < 4.78 is 0. The number of nitriles is 1. The molecule has 4 heteroatoms. The Balaban J connectivity index is 1.83. The number of anilines is 1. The first-order valence-corrected chi connectivity index (χ1v) is 8.94. The van der Waals surface area contributed by atoms with E-state index in [0.717, 1.165) is 28.6 Å². The summed E-state index contributed by atoms with van der Waals surface area (Å²) in [5.74, 6) is 3.76. The Bertz CT molecular complexity index is 642. The van der Waals surface area contributed by atoms with Gasteiger partial charge in [0.25, 0.3) is 0 Å². The molecular formula is C16H16N2S2. The zero-order valence-electron chi connectivity index (χ0n) is 11.1. The monoisotopic (exact) mass is 300 g/mol. The molecule has 0 amide bonds. The summed E-state index contributed by atoms with van der Waals surface area (Å²) in [6, 6.07) is 14.3. The lowest BCUT2D eigenvalue weighted by atomic mass is 10.0. The van der Waals surface area contributed by atoms with Gasteiger partial charge in [0.15, 0.2) is 0 Å². The predicted molar refractivity (Wildman–Crippen MR) is 90.7 cm³/mol. The normalized spacial score (nSPS) is 18.6. The molecule has 1 unspecified atom stereocenters. The zero-order chi connectivity index (χ0) is 13.8. The molecule has 1 N–H and O–H groups in total. The van der Waals surface area contributed by atoms with Gasteiger partial charge in [-0.3, -0.25) is 0 Å². The lowest BCUT2D eigenvalue weighted by molar-refractivity contribution is 1.01. The SMILES string of the molecule is N#Cc1ccc(NCC2CSCCS2)c2ccccc12. The quantitative estimate of drug-likeness (QED) is 0.930. The molecule has 20 heavy (non-hydrogen) atoms. The molecule has 2 aromatic carbocycles. The van der Waals surface area contributed by atoms with Gasteiger partial charge in [0, 0.05) is 45.5 Å². The summed E-state index contributed by atoms with van der Waals surface area (Å²) in [4.78, 5) is 0. The predicted octanol–water partition coefficient (Wildman–Crippen LogP) is 3.97. The third-order valence-electron chi connectivity index (χ3n) is 3.45. The van der Waals surface area contributed by atoms with Crippen LogP contribution in [-0.4, -0.2) is 29.1 Å². The van der Waals surface area contributed by atoms with Crippen LogP contribution in [0, 0.1) is 11.3 Å². The summed E-state index contributed by atoms with van der Waals surface area (Å²) >= 11 is 4.10. The maximum absolute atomic E-state index is 9.18. The zero-order valence-corrected chi connectivity index (χ0v) is 12.8. The summed E-state index contributed by atoms with van der Waals surface area (Å²) in [5, 5.41) is 15.6. The summed E-state index contributed by atoms with van der Waals surface area (Å²) in [6.45, 7) is 0.994. The number of benzene rings is 2. The van der Waals surface area contributed by atoms with Gasteiger partial charge in [-0.05, 0) is 12.1 Å². The number of fused-ring (bicyclic) bond motifs is 1. The second-order valence-corrected chi connectivity index (χ2v) is 7.32. The van der Waals surface area contributed by atoms with E-state index in [1.54, 1.807) is 0 Å². The fourth-order valence-electron chi connectivity index (χ4n) is 2.43. The van der Waals surface area contributed by atoms with Crippen LogP contribution in [0.25, 0.3) is 10.8 Å². The molecule has 1 fully saturated rings. The lowest BCUT2D eigenvalue weighted by Gasteiger charge is -2.22. The molecule has 0 aliphatic carbocycles. The van der Waals surface area contributed by atoms with Crippen molar-refractivity contribution in [3.63, 3.8) is 0 Å². The van der Waals surface area contributed by atoms with Crippen molar-refractivity contribution in [3.05, 3.63) is 42.0 Å². The molecule has 0 spiro atoms. The number of rotatable bonds is 3. The van der Waals surface area contributed by atoms with E-state index in [0.29, 0.717) is 5.25 Å². The summed E-state index contributed by atoms with van der Waals surface area (Å²) in [5.41, 5.74) is 1.88. The maximum Gasteiger partial charge on any atom is 0.0998 e. The minimum atomic E-state index is 0.683. The Morgan fingerprint density at radius 3 is 2.75 bits per heavy atom. The third-order valence-corrected chi connectivity index (χ3v) is 6.29. The molecule has 0 bridgehead atoms. The standard InChI is InChI=1S/C16H16N2S2/c17-9-12-5-6-16(15-4-2-1-3-14(12)15)18-10-13-11-19-7-8-20-13/h1-6,13,18H,7-8,10-11H2. The van der Waals surface area contributed by atoms with Crippen LogP contribution in [0.1, 0.15) is 5.56 Å². The number of hydrogen-bond acceptors (Lipinski definition) is 4. The van der Waals surface area contributed by atoms with Crippen molar-refractivity contribution in [1.82, 2.24) is 0 Å². The smallest absolute Gasteiger partial charge is 0.0998 e. The van der Waals surface area contributed by atoms with Gasteiger partial charge < -0.3 is 5.32 Å². The van der Waals surface area contributed by atoms with Crippen LogP contribution in [-0.2, 0) is 0 Å². The number of nitrogens with one attached hydrogen (secondary N) is 1. The minimum absolute atomic E-state index is 0.683. The van der Waals surface area contributed by atoms with E-state index >= 15 is 0 Å². The van der Waals surface area contributed by atoms with Crippen molar-refractivity contribution in [1.29, 1.82) is 5.26 Å². The van der Waals surface area contributed by atoms with Crippen LogP contribution in [0.15, 0.2) is 36.4 Å². The largest absolute Gasteiger partial charge is 0.383 e. The second kappa shape index (κ2) is 6.43. The molecule has 1 aliphatic rings. The van der Waals surface area contributed by atoms with Gasteiger partial charge in [0.05, 0.1) is 11.6 Å². The fraction of sp³-hybridized carbons (Fsp3) is 0.312. The van der Waals surface area contributed by atoms with Gasteiger partial charge in [-0.25, -0.2) is 0 Å². The number of nitrogens with zero attached hydrogens (tertiary/aromatic N) is 1. The third kappa shape index (κ3) is 2.89. The summed E-state index contributed by atoms with van der Waals surface area (Å²) in [7, 11) is 0. The van der Waals surface area contributed by atoms with Crippen LogP contribution in [0.2, 0.25) is 0 Å². The molecule has 102 valence electrons. The molecule has 1 saturated heterocycles. The topological polar surface area (TPSA) is 35.8 Å². The van der Waals surface area contributed by atoms with Crippen molar-refractivity contribution < 1.29 is 0 Å². The molecular weight excluding hydrogens is 284 g/mol. The van der Waals surface area contributed by atoms with Crippen LogP contribution >= 0.6 is 23.5 Å². The first-order chi connectivity index (χ1) is 9.88. The highest BCUT2D eigenvalue weighted by Crippen LogP contribution is 2.28. The van der Waals surface area contributed by atoms with Gasteiger partial charge in [0.2, 0.25) is 0 Å². The molecule has 1 heterocycles. The molecule has 0 aromatic heterocycles. The highest BCUT2D eigenvalue weighted by molar-refractivity contribution is 8.06. The van der Waals surface area contributed by atoms with Gasteiger partial charge >= 0.3 is 0 Å². The van der Waals surface area contributed by atoms with Crippen molar-refractivity contribution in [2.75, 3.05) is 29.1 Å². The van der Waals surface area contributed by atoms with E-state index < -0.39 is 0 Å². The molecule has 2 nitrogen and oxygen atoms in total. The summed E-state index contributed by atoms with van der Waals surface area (Å²) in [6.07, 6.45) is 0. The van der Waals surface area contributed by atoms with E-state index in [4.69, 9.17) is 0 Å². The van der Waals surface area contributed by atoms with Gasteiger partial charge in [-0.2, -0.15) is 28.8 Å². The minimum Gasteiger partial charge on any atom is -0.383 e. The van der Waals surface area contributed by atoms with Crippen LogP contribution < -0.4 is 5.32 Å². The lowest BCUT2D eigenvalue weighted by Crippen LogP contribution is -2.23. The average Bonchev–Trinajstić information content (AvgIpc) is 2.53. The van der Waals surface area contributed by atoms with E-state index in [2.05, 4.69) is 29.2 Å². The van der Waals surface area contributed by atoms with Crippen LogP contribution in [0.3, 0.4) is 0 Å². The number of hydrogen-bond donors (Lipinski definition) is 1. The molecule has 3 rings (SSSR count). The van der Waals surface area contributed by atoms with Gasteiger partial charge in [-0.15, -0.1) is 0 Å². The Kier molecular flexibility index (Phi) is 4.39. The van der Waals surface area contributed by atoms with Crippen molar-refractivity contribution >= 4 is 40.0 Å². The highest BCUT2D eigenvalue weighted by atomic mass is 32.2. The second-order valence-electron chi connectivity index (χ2n) is 4.77. The fourth-order valence-corrected chi connectivity index (χ4v) is 5.04. The Labute approximate surface area is 127 Å². The van der Waals surface area contributed by atoms with E-state index in [-0.39, 0.29) is 0 Å². The first-order valence-electron chi connectivity index (χ1n) is 6.73. The van der Waals surface area contributed by atoms with E-state index in [1.165, 1.54) is 17.3 Å². The molecule has 2 aromatic rings. The van der Waals surface area contributed by atoms with Crippen LogP contribution in [0.4, 0.5) is 5.69 Å².